The highest BCUT2D eigenvalue weighted by atomic mass is 35.5. The lowest BCUT2D eigenvalue weighted by Gasteiger charge is -1.93. The first-order valence-electron chi connectivity index (χ1n) is 2.60. The minimum atomic E-state index is -0.582. The van der Waals surface area contributed by atoms with Gasteiger partial charge in [0.05, 0.1) is 9.95 Å². The highest BCUT2D eigenvalue weighted by molar-refractivity contribution is 7.80. The second-order valence-electron chi connectivity index (χ2n) is 1.75. The second kappa shape index (κ2) is 3.06. The van der Waals surface area contributed by atoms with Crippen LogP contribution in [0, 0.1) is 10.1 Å². The van der Waals surface area contributed by atoms with Gasteiger partial charge in [-0.1, -0.05) is 11.6 Å². The minimum absolute atomic E-state index is 0.0689. The van der Waals surface area contributed by atoms with Crippen molar-refractivity contribution in [1.29, 1.82) is 0 Å². The Morgan fingerprint density at radius 3 is 2.82 bits per heavy atom. The smallest absolute Gasteiger partial charge is 0.258 e. The Hall–Kier alpha value is -0.810. The second-order valence-corrected chi connectivity index (χ2v) is 2.61. The predicted octanol–water partition coefficient (Wildman–Crippen LogP) is 1.93. The fourth-order valence-corrected chi connectivity index (χ4v) is 0.912. The van der Waals surface area contributed by atoms with Crippen molar-refractivity contribution in [2.75, 3.05) is 0 Å². The van der Waals surface area contributed by atoms with Crippen molar-refractivity contribution in [2.45, 2.75) is 5.03 Å². The maximum Gasteiger partial charge on any atom is 0.302 e. The molecule has 11 heavy (non-hydrogen) atoms. The van der Waals surface area contributed by atoms with Gasteiger partial charge in [0.1, 0.15) is 0 Å². The quantitative estimate of drug-likeness (QED) is 0.418. The molecule has 0 aliphatic rings. The Balaban J connectivity index is 3.23. The topological polar surface area (TPSA) is 56.0 Å². The monoisotopic (exact) mass is 190 g/mol. The molecule has 1 heterocycles. The number of thiol groups is 1. The molecule has 6 heteroatoms. The van der Waals surface area contributed by atoms with E-state index in [1.807, 2.05) is 0 Å². The maximum absolute atomic E-state index is 10.2. The molecular weight excluding hydrogens is 188 g/mol. The Morgan fingerprint density at radius 2 is 2.36 bits per heavy atom. The Morgan fingerprint density at radius 1 is 1.73 bits per heavy atom. The fourth-order valence-electron chi connectivity index (χ4n) is 0.556. The van der Waals surface area contributed by atoms with Crippen molar-refractivity contribution in [3.05, 3.63) is 27.4 Å². The minimum Gasteiger partial charge on any atom is -0.258 e. The van der Waals surface area contributed by atoms with Crippen LogP contribution in [0.1, 0.15) is 0 Å². The highest BCUT2D eigenvalue weighted by Crippen LogP contribution is 2.22. The molecule has 0 saturated carbocycles. The molecule has 0 fully saturated rings. The highest BCUT2D eigenvalue weighted by Gasteiger charge is 2.11. The van der Waals surface area contributed by atoms with E-state index in [2.05, 4.69) is 17.6 Å². The third-order valence-electron chi connectivity index (χ3n) is 1.01. The lowest BCUT2D eigenvalue weighted by molar-refractivity contribution is -0.388. The van der Waals surface area contributed by atoms with E-state index in [1.54, 1.807) is 0 Å². The van der Waals surface area contributed by atoms with Crippen molar-refractivity contribution in [3.8, 4) is 0 Å². The van der Waals surface area contributed by atoms with Gasteiger partial charge in [0.2, 0.25) is 0 Å². The summed E-state index contributed by atoms with van der Waals surface area (Å²) in [6.07, 6.45) is 1.30. The number of pyridine rings is 1. The maximum atomic E-state index is 10.2. The Kier molecular flexibility index (Phi) is 2.31. The molecule has 0 aliphatic carbocycles. The van der Waals surface area contributed by atoms with Gasteiger partial charge in [-0.3, -0.25) is 10.1 Å². The average molecular weight is 191 g/mol. The van der Waals surface area contributed by atoms with E-state index < -0.39 is 4.92 Å². The van der Waals surface area contributed by atoms with E-state index in [0.29, 0.717) is 0 Å². The summed E-state index contributed by atoms with van der Waals surface area (Å²) in [5, 5.41) is 10.5. The average Bonchev–Trinajstić information content (AvgIpc) is 1.94. The zero-order valence-corrected chi connectivity index (χ0v) is 6.84. The lowest BCUT2D eigenvalue weighted by Crippen LogP contribution is -1.91. The number of nitrogens with zero attached hydrogens (tertiary/aromatic N) is 2. The molecule has 0 unspecified atom stereocenters. The van der Waals surface area contributed by atoms with Crippen LogP contribution in [0.2, 0.25) is 5.02 Å². The molecule has 0 radical (unpaired) electrons. The molecule has 0 amide bonds. The van der Waals surface area contributed by atoms with E-state index >= 15 is 0 Å². The van der Waals surface area contributed by atoms with Crippen LogP contribution in [0.3, 0.4) is 0 Å². The SMILES string of the molecule is O=[N+]([O-])c1cc(Cl)cnc1S. The number of hydrogen-bond acceptors (Lipinski definition) is 4. The summed E-state index contributed by atoms with van der Waals surface area (Å²) in [5.41, 5.74) is -0.180. The van der Waals surface area contributed by atoms with Crippen LogP contribution < -0.4 is 0 Å². The Labute approximate surface area is 72.8 Å². The molecule has 0 atom stereocenters. The predicted molar refractivity (Wildman–Crippen MR) is 43.2 cm³/mol. The van der Waals surface area contributed by atoms with Crippen molar-refractivity contribution < 1.29 is 4.92 Å². The van der Waals surface area contributed by atoms with Gasteiger partial charge >= 0.3 is 5.69 Å². The van der Waals surface area contributed by atoms with Gasteiger partial charge < -0.3 is 0 Å². The Bertz CT molecular complexity index is 305. The first kappa shape index (κ1) is 8.29. The molecule has 0 saturated heterocycles. The standard InChI is InChI=1S/C5H3ClN2O2S/c6-3-1-4(8(9)10)5(11)7-2-3/h1-2H,(H,7,11). The first-order valence-corrected chi connectivity index (χ1v) is 3.42. The summed E-state index contributed by atoms with van der Waals surface area (Å²) in [5.74, 6) is 0. The third-order valence-corrected chi connectivity index (χ3v) is 1.56. The van der Waals surface area contributed by atoms with Crippen LogP contribution in [-0.4, -0.2) is 9.91 Å². The summed E-state index contributed by atoms with van der Waals surface area (Å²) in [4.78, 5) is 13.2. The van der Waals surface area contributed by atoms with Gasteiger partial charge in [0, 0.05) is 12.3 Å². The van der Waals surface area contributed by atoms with Crippen LogP contribution in [0.15, 0.2) is 17.3 Å². The van der Waals surface area contributed by atoms with E-state index in [-0.39, 0.29) is 15.7 Å². The van der Waals surface area contributed by atoms with E-state index in [4.69, 9.17) is 11.6 Å². The van der Waals surface area contributed by atoms with Crippen LogP contribution in [0.25, 0.3) is 0 Å². The molecule has 0 N–H and O–H groups in total. The van der Waals surface area contributed by atoms with Gasteiger partial charge in [0.15, 0.2) is 5.03 Å². The van der Waals surface area contributed by atoms with Crippen molar-refractivity contribution in [2.24, 2.45) is 0 Å². The molecule has 0 aliphatic heterocycles. The van der Waals surface area contributed by atoms with Crippen molar-refractivity contribution >= 4 is 29.9 Å². The van der Waals surface area contributed by atoms with Crippen molar-refractivity contribution in [1.82, 2.24) is 4.98 Å². The van der Waals surface area contributed by atoms with Gasteiger partial charge in [-0.25, -0.2) is 4.98 Å². The van der Waals surface area contributed by atoms with Crippen LogP contribution in [0.4, 0.5) is 5.69 Å². The first-order chi connectivity index (χ1) is 5.11. The summed E-state index contributed by atoms with van der Waals surface area (Å²) < 4.78 is 0. The number of aromatic nitrogens is 1. The number of hydrogen-bond donors (Lipinski definition) is 1. The molecule has 1 rings (SSSR count). The number of rotatable bonds is 1. The molecule has 1 aromatic rings. The fraction of sp³-hybridized carbons (Fsp3) is 0. The molecular formula is C5H3ClN2O2S. The van der Waals surface area contributed by atoms with Gasteiger partial charge in [-0.05, 0) is 0 Å². The zero-order chi connectivity index (χ0) is 8.43. The van der Waals surface area contributed by atoms with E-state index in [1.165, 1.54) is 12.3 Å². The van der Waals surface area contributed by atoms with Crippen LogP contribution in [-0.2, 0) is 0 Å². The summed E-state index contributed by atoms with van der Waals surface area (Å²) in [6, 6.07) is 1.21. The number of nitro groups is 1. The van der Waals surface area contributed by atoms with E-state index in [0.717, 1.165) is 0 Å². The molecule has 0 bridgehead atoms. The zero-order valence-electron chi connectivity index (χ0n) is 5.19. The van der Waals surface area contributed by atoms with Gasteiger partial charge in [-0.2, -0.15) is 0 Å². The molecule has 1 aromatic heterocycles. The molecule has 0 spiro atoms. The van der Waals surface area contributed by atoms with Gasteiger partial charge in [-0.15, -0.1) is 12.6 Å². The molecule has 58 valence electrons. The molecule has 4 nitrogen and oxygen atoms in total. The normalized spacial score (nSPS) is 9.64. The summed E-state index contributed by atoms with van der Waals surface area (Å²) >= 11 is 9.23. The summed E-state index contributed by atoms with van der Waals surface area (Å²) in [7, 11) is 0. The van der Waals surface area contributed by atoms with Gasteiger partial charge in [0.25, 0.3) is 0 Å². The van der Waals surface area contributed by atoms with Crippen LogP contribution >= 0.6 is 24.2 Å². The number of halogens is 1. The summed E-state index contributed by atoms with van der Waals surface area (Å²) in [6.45, 7) is 0. The van der Waals surface area contributed by atoms with Crippen molar-refractivity contribution in [3.63, 3.8) is 0 Å². The van der Waals surface area contributed by atoms with E-state index in [9.17, 15) is 10.1 Å². The largest absolute Gasteiger partial charge is 0.302 e. The lowest BCUT2D eigenvalue weighted by atomic mass is 10.4. The van der Waals surface area contributed by atoms with Crippen LogP contribution in [0.5, 0.6) is 0 Å². The molecule has 0 aromatic carbocycles. The third kappa shape index (κ3) is 1.81.